The summed E-state index contributed by atoms with van der Waals surface area (Å²) >= 11 is 0. The third kappa shape index (κ3) is 3.69. The van der Waals surface area contributed by atoms with Crippen LogP contribution in [0.25, 0.3) is 10.9 Å². The van der Waals surface area contributed by atoms with Crippen molar-refractivity contribution in [3.8, 4) is 0 Å². The van der Waals surface area contributed by atoms with Gasteiger partial charge in [-0.15, -0.1) is 0 Å². The summed E-state index contributed by atoms with van der Waals surface area (Å²) in [5.41, 5.74) is 7.33. The van der Waals surface area contributed by atoms with Gasteiger partial charge in [0.25, 0.3) is 5.91 Å². The number of fused-ring (bicyclic) bond motifs is 1. The van der Waals surface area contributed by atoms with Crippen molar-refractivity contribution in [1.29, 1.82) is 0 Å². The number of aromatic nitrogens is 1. The van der Waals surface area contributed by atoms with E-state index >= 15 is 0 Å². The average molecular weight is 342 g/mol. The van der Waals surface area contributed by atoms with Gasteiger partial charge in [-0.05, 0) is 50.8 Å². The van der Waals surface area contributed by atoms with Crippen LogP contribution in [-0.4, -0.2) is 46.9 Å². The number of nitrogens with zero attached hydrogens (tertiary/aromatic N) is 1. The first kappa shape index (κ1) is 17.5. The summed E-state index contributed by atoms with van der Waals surface area (Å²) < 4.78 is 0. The number of hydrogen-bond acceptors (Lipinski definition) is 3. The van der Waals surface area contributed by atoms with Gasteiger partial charge in [0, 0.05) is 41.8 Å². The molecule has 1 aliphatic rings. The van der Waals surface area contributed by atoms with Crippen LogP contribution in [0, 0.1) is 5.92 Å². The number of H-pyrrole nitrogens is 1. The molecule has 1 aromatic heterocycles. The quantitative estimate of drug-likeness (QED) is 0.792. The van der Waals surface area contributed by atoms with Gasteiger partial charge in [-0.2, -0.15) is 0 Å². The first-order chi connectivity index (χ1) is 12.0. The van der Waals surface area contributed by atoms with E-state index in [9.17, 15) is 9.59 Å². The molecule has 2 amide bonds. The molecule has 3 rings (SSSR count). The summed E-state index contributed by atoms with van der Waals surface area (Å²) in [5.74, 6) is 0.326. The summed E-state index contributed by atoms with van der Waals surface area (Å²) in [7, 11) is 0. The van der Waals surface area contributed by atoms with Crippen LogP contribution in [0.15, 0.2) is 30.5 Å². The van der Waals surface area contributed by atoms with Crippen molar-refractivity contribution in [1.82, 2.24) is 15.2 Å². The molecular formula is C19H26N4O2. The Morgan fingerprint density at radius 1 is 1.24 bits per heavy atom. The van der Waals surface area contributed by atoms with Crippen LogP contribution in [0.5, 0.6) is 0 Å². The molecule has 1 aliphatic heterocycles. The summed E-state index contributed by atoms with van der Waals surface area (Å²) in [4.78, 5) is 29.6. The van der Waals surface area contributed by atoms with Gasteiger partial charge < -0.3 is 20.9 Å². The molecule has 25 heavy (non-hydrogen) atoms. The van der Waals surface area contributed by atoms with E-state index in [1.165, 1.54) is 0 Å². The zero-order valence-corrected chi connectivity index (χ0v) is 14.8. The number of amides is 2. The fourth-order valence-electron chi connectivity index (χ4n) is 3.59. The summed E-state index contributed by atoms with van der Waals surface area (Å²) in [6.45, 7) is 5.18. The zero-order valence-electron chi connectivity index (χ0n) is 14.8. The predicted molar refractivity (Wildman–Crippen MR) is 98.2 cm³/mol. The maximum absolute atomic E-state index is 12.7. The van der Waals surface area contributed by atoms with Crippen molar-refractivity contribution in [3.63, 3.8) is 0 Å². The third-order valence-electron chi connectivity index (χ3n) is 5.15. The Kier molecular flexibility index (Phi) is 5.08. The lowest BCUT2D eigenvalue weighted by molar-refractivity contribution is -0.133. The second-order valence-electron chi connectivity index (χ2n) is 6.96. The lowest BCUT2D eigenvalue weighted by atomic mass is 9.90. The molecule has 2 atom stereocenters. The highest BCUT2D eigenvalue weighted by atomic mass is 16.2. The Bertz CT molecular complexity index is 760. The van der Waals surface area contributed by atoms with E-state index in [1.807, 2.05) is 42.3 Å². The standard InChI is InChI=1S/C19H26N4O2/c1-12(20)19(25)23-10-7-14(8-11-23)13(2)22-18(24)16-4-3-5-17-15(16)6-9-21-17/h3-6,9,12-14,21H,7-8,10-11,20H2,1-2H3,(H,22,24). The molecule has 0 spiro atoms. The van der Waals surface area contributed by atoms with E-state index in [0.29, 0.717) is 24.6 Å². The number of piperidine rings is 1. The van der Waals surface area contributed by atoms with E-state index in [-0.39, 0.29) is 17.9 Å². The minimum absolute atomic E-state index is 0.00859. The first-order valence-electron chi connectivity index (χ1n) is 8.88. The molecule has 2 aromatic rings. The second-order valence-corrected chi connectivity index (χ2v) is 6.96. The number of nitrogens with one attached hydrogen (secondary N) is 2. The molecule has 134 valence electrons. The predicted octanol–water partition coefficient (Wildman–Crippen LogP) is 1.87. The van der Waals surface area contributed by atoms with Gasteiger partial charge in [-0.3, -0.25) is 9.59 Å². The smallest absolute Gasteiger partial charge is 0.252 e. The Balaban J connectivity index is 1.60. The largest absolute Gasteiger partial charge is 0.361 e. The van der Waals surface area contributed by atoms with E-state index in [0.717, 1.165) is 23.7 Å². The molecule has 1 saturated heterocycles. The van der Waals surface area contributed by atoms with Gasteiger partial charge in [0.1, 0.15) is 0 Å². The molecule has 1 fully saturated rings. The Hall–Kier alpha value is -2.34. The molecule has 0 saturated carbocycles. The topological polar surface area (TPSA) is 91.2 Å². The zero-order chi connectivity index (χ0) is 18.0. The van der Waals surface area contributed by atoms with E-state index in [2.05, 4.69) is 10.3 Å². The summed E-state index contributed by atoms with van der Waals surface area (Å²) in [5, 5.41) is 4.07. The normalized spacial score (nSPS) is 18.1. The minimum atomic E-state index is -0.449. The van der Waals surface area contributed by atoms with Crippen molar-refractivity contribution in [3.05, 3.63) is 36.0 Å². The monoisotopic (exact) mass is 342 g/mol. The number of carbonyl (C=O) groups excluding carboxylic acids is 2. The van der Waals surface area contributed by atoms with Gasteiger partial charge in [0.2, 0.25) is 5.91 Å². The summed E-state index contributed by atoms with van der Waals surface area (Å²) in [6.07, 6.45) is 3.61. The van der Waals surface area contributed by atoms with Gasteiger partial charge in [-0.1, -0.05) is 6.07 Å². The van der Waals surface area contributed by atoms with Gasteiger partial charge in [-0.25, -0.2) is 0 Å². The number of carbonyl (C=O) groups is 2. The van der Waals surface area contributed by atoms with Crippen LogP contribution in [-0.2, 0) is 4.79 Å². The number of hydrogen-bond donors (Lipinski definition) is 3. The van der Waals surface area contributed by atoms with Crippen molar-refractivity contribution in [2.45, 2.75) is 38.8 Å². The van der Waals surface area contributed by atoms with Crippen LogP contribution >= 0.6 is 0 Å². The Labute approximate surface area is 147 Å². The molecule has 6 nitrogen and oxygen atoms in total. The Morgan fingerprint density at radius 3 is 2.64 bits per heavy atom. The molecule has 4 N–H and O–H groups in total. The maximum Gasteiger partial charge on any atom is 0.252 e. The van der Waals surface area contributed by atoms with Crippen molar-refractivity contribution >= 4 is 22.7 Å². The van der Waals surface area contributed by atoms with E-state index < -0.39 is 6.04 Å². The molecule has 6 heteroatoms. The highest BCUT2D eigenvalue weighted by Crippen LogP contribution is 2.22. The van der Waals surface area contributed by atoms with E-state index in [1.54, 1.807) is 6.92 Å². The number of aromatic amines is 1. The van der Waals surface area contributed by atoms with E-state index in [4.69, 9.17) is 5.73 Å². The summed E-state index contributed by atoms with van der Waals surface area (Å²) in [6, 6.07) is 7.23. The molecule has 1 aromatic carbocycles. The first-order valence-corrected chi connectivity index (χ1v) is 8.88. The molecule has 2 heterocycles. The van der Waals surface area contributed by atoms with Crippen LogP contribution in [0.4, 0.5) is 0 Å². The molecule has 0 aliphatic carbocycles. The van der Waals surface area contributed by atoms with Gasteiger partial charge >= 0.3 is 0 Å². The van der Waals surface area contributed by atoms with Gasteiger partial charge in [0.05, 0.1) is 6.04 Å². The fourth-order valence-corrected chi connectivity index (χ4v) is 3.59. The van der Waals surface area contributed by atoms with Crippen LogP contribution in [0.3, 0.4) is 0 Å². The van der Waals surface area contributed by atoms with Crippen molar-refractivity contribution in [2.24, 2.45) is 11.7 Å². The Morgan fingerprint density at radius 2 is 1.96 bits per heavy atom. The molecule has 0 radical (unpaired) electrons. The minimum Gasteiger partial charge on any atom is -0.361 e. The molecule has 2 unspecified atom stereocenters. The molecular weight excluding hydrogens is 316 g/mol. The lowest BCUT2D eigenvalue weighted by Crippen LogP contribution is -2.49. The third-order valence-corrected chi connectivity index (χ3v) is 5.15. The number of rotatable bonds is 4. The lowest BCUT2D eigenvalue weighted by Gasteiger charge is -2.35. The molecule has 0 bridgehead atoms. The second kappa shape index (κ2) is 7.27. The van der Waals surface area contributed by atoms with Crippen LogP contribution < -0.4 is 11.1 Å². The fraction of sp³-hybridized carbons (Fsp3) is 0.474. The maximum atomic E-state index is 12.7. The van der Waals surface area contributed by atoms with Crippen LogP contribution in [0.2, 0.25) is 0 Å². The van der Waals surface area contributed by atoms with Crippen molar-refractivity contribution < 1.29 is 9.59 Å². The average Bonchev–Trinajstić information content (AvgIpc) is 3.09. The number of benzene rings is 1. The highest BCUT2D eigenvalue weighted by molar-refractivity contribution is 6.06. The van der Waals surface area contributed by atoms with Crippen molar-refractivity contribution in [2.75, 3.05) is 13.1 Å². The van der Waals surface area contributed by atoms with Crippen LogP contribution in [0.1, 0.15) is 37.0 Å². The highest BCUT2D eigenvalue weighted by Gasteiger charge is 2.28. The van der Waals surface area contributed by atoms with Gasteiger partial charge in [0.15, 0.2) is 0 Å². The SMILES string of the molecule is CC(N)C(=O)N1CCC(C(C)NC(=O)c2cccc3[nH]ccc23)CC1. The number of nitrogens with two attached hydrogens (primary N) is 1. The number of likely N-dealkylation sites (tertiary alicyclic amines) is 1.